The first kappa shape index (κ1) is 19.4. The van der Waals surface area contributed by atoms with Crippen molar-refractivity contribution in [1.82, 2.24) is 9.78 Å². The molecule has 2 rings (SSSR count). The molecule has 0 fully saturated rings. The summed E-state index contributed by atoms with van der Waals surface area (Å²) in [4.78, 5) is 11.0. The van der Waals surface area contributed by atoms with Gasteiger partial charge in [0.05, 0.1) is 27.9 Å². The highest BCUT2D eigenvalue weighted by atomic mass is 35.5. The van der Waals surface area contributed by atoms with Crippen molar-refractivity contribution in [1.29, 1.82) is 0 Å². The third-order valence-corrected chi connectivity index (χ3v) is 4.01. The Labute approximate surface area is 155 Å². The molecule has 0 aliphatic rings. The lowest BCUT2D eigenvalue weighted by atomic mass is 10.2. The average Bonchev–Trinajstić information content (AvgIpc) is 2.78. The van der Waals surface area contributed by atoms with E-state index in [9.17, 15) is 4.79 Å². The summed E-state index contributed by atoms with van der Waals surface area (Å²) < 4.78 is 18.0. The van der Waals surface area contributed by atoms with Gasteiger partial charge in [0, 0.05) is 20.2 Å². The number of hydrogen-bond acceptors (Lipinski definition) is 5. The van der Waals surface area contributed by atoms with Crippen LogP contribution in [0.4, 0.5) is 0 Å². The molecule has 1 aromatic carbocycles. The van der Waals surface area contributed by atoms with Crippen molar-refractivity contribution in [2.75, 3.05) is 7.11 Å². The molecule has 7 nitrogen and oxygen atoms in total. The first-order valence-corrected chi connectivity index (χ1v) is 8.08. The van der Waals surface area contributed by atoms with E-state index in [1.54, 1.807) is 18.8 Å². The first-order valence-electron chi connectivity index (χ1n) is 7.32. The Bertz CT molecular complexity index is 791. The number of aromatic nitrogens is 2. The summed E-state index contributed by atoms with van der Waals surface area (Å²) in [6.07, 6.45) is -1.07. The molecule has 1 atom stereocenters. The van der Waals surface area contributed by atoms with Crippen molar-refractivity contribution >= 4 is 29.2 Å². The van der Waals surface area contributed by atoms with Crippen LogP contribution in [0.3, 0.4) is 0 Å². The smallest absolute Gasteiger partial charge is 0.344 e. The van der Waals surface area contributed by atoms with Crippen LogP contribution in [0.5, 0.6) is 17.4 Å². The van der Waals surface area contributed by atoms with E-state index >= 15 is 0 Å². The molecule has 0 saturated carbocycles. The number of rotatable bonds is 7. The van der Waals surface area contributed by atoms with Crippen molar-refractivity contribution in [2.45, 2.75) is 26.6 Å². The fraction of sp³-hybridized carbons (Fsp3) is 0.375. The van der Waals surface area contributed by atoms with Gasteiger partial charge >= 0.3 is 5.97 Å². The number of halogens is 2. The van der Waals surface area contributed by atoms with E-state index in [2.05, 4.69) is 5.10 Å². The van der Waals surface area contributed by atoms with E-state index in [1.165, 1.54) is 19.1 Å². The second-order valence-corrected chi connectivity index (χ2v) is 6.15. The number of benzene rings is 1. The molecule has 1 N–H and O–H groups in total. The van der Waals surface area contributed by atoms with E-state index in [0.29, 0.717) is 12.5 Å². The largest absolute Gasteiger partial charge is 0.479 e. The van der Waals surface area contributed by atoms with Crippen molar-refractivity contribution in [3.63, 3.8) is 0 Å². The molecule has 0 spiro atoms. The summed E-state index contributed by atoms with van der Waals surface area (Å²) in [5.41, 5.74) is 1.54. The van der Waals surface area contributed by atoms with Gasteiger partial charge in [-0.05, 0) is 19.9 Å². The highest BCUT2D eigenvalue weighted by Crippen LogP contribution is 2.39. The van der Waals surface area contributed by atoms with Gasteiger partial charge in [-0.2, -0.15) is 5.10 Å². The lowest BCUT2D eigenvalue weighted by molar-refractivity contribution is -0.144. The molecule has 2 aromatic rings. The van der Waals surface area contributed by atoms with Gasteiger partial charge in [0.15, 0.2) is 11.9 Å². The topological polar surface area (TPSA) is 82.8 Å². The summed E-state index contributed by atoms with van der Waals surface area (Å²) in [7, 11) is 3.31. The average molecular weight is 389 g/mol. The number of carboxylic acids is 1. The van der Waals surface area contributed by atoms with E-state index < -0.39 is 12.1 Å². The van der Waals surface area contributed by atoms with Crippen LogP contribution >= 0.6 is 23.2 Å². The number of nitrogens with zero attached hydrogens (tertiary/aromatic N) is 2. The molecule has 1 aromatic heterocycles. The van der Waals surface area contributed by atoms with Crippen molar-refractivity contribution in [3.8, 4) is 17.4 Å². The minimum atomic E-state index is -1.11. The fourth-order valence-corrected chi connectivity index (χ4v) is 2.61. The standard InChI is InChI=1S/C16H18Cl2N2O5/c1-8-10(7-23-4)15(20(3)19-8)25-14-6-13(11(17)5-12(14)18)24-9(2)16(21)22/h5-6,9H,7H2,1-4H3,(H,21,22)/t9-/m0/s1. The maximum Gasteiger partial charge on any atom is 0.344 e. The van der Waals surface area contributed by atoms with E-state index in [1.807, 2.05) is 6.92 Å². The first-order chi connectivity index (χ1) is 11.7. The Morgan fingerprint density at radius 1 is 1.32 bits per heavy atom. The van der Waals surface area contributed by atoms with Crippen LogP contribution in [-0.2, 0) is 23.2 Å². The molecule has 0 aliphatic carbocycles. The Balaban J connectivity index is 2.39. The lowest BCUT2D eigenvalue weighted by Gasteiger charge is -2.15. The second kappa shape index (κ2) is 7.95. The maximum atomic E-state index is 11.0. The zero-order valence-electron chi connectivity index (χ0n) is 14.2. The molecule has 1 heterocycles. The molecule has 0 amide bonds. The quantitative estimate of drug-likeness (QED) is 0.775. The monoisotopic (exact) mass is 388 g/mol. The van der Waals surface area contributed by atoms with Gasteiger partial charge in [0.25, 0.3) is 0 Å². The number of carbonyl (C=O) groups is 1. The molecular formula is C16H18Cl2N2O5. The summed E-state index contributed by atoms with van der Waals surface area (Å²) in [5, 5.41) is 13.7. The van der Waals surface area contributed by atoms with Crippen LogP contribution in [0.2, 0.25) is 10.0 Å². The molecule has 0 aliphatic heterocycles. The third kappa shape index (κ3) is 4.36. The fourth-order valence-electron chi connectivity index (χ4n) is 2.14. The summed E-state index contributed by atoms with van der Waals surface area (Å²) in [5.74, 6) is -0.235. The van der Waals surface area contributed by atoms with Gasteiger partial charge < -0.3 is 19.3 Å². The van der Waals surface area contributed by atoms with Crippen LogP contribution in [0.25, 0.3) is 0 Å². The van der Waals surface area contributed by atoms with Gasteiger partial charge in [-0.25, -0.2) is 9.48 Å². The van der Waals surface area contributed by atoms with Gasteiger partial charge in [0.2, 0.25) is 5.88 Å². The van der Waals surface area contributed by atoms with Gasteiger partial charge in [-0.1, -0.05) is 23.2 Å². The van der Waals surface area contributed by atoms with Gasteiger partial charge in [-0.15, -0.1) is 0 Å². The molecule has 136 valence electrons. The summed E-state index contributed by atoms with van der Waals surface area (Å²) in [6, 6.07) is 2.88. The van der Waals surface area contributed by atoms with E-state index in [0.717, 1.165) is 11.3 Å². The Morgan fingerprint density at radius 3 is 2.56 bits per heavy atom. The zero-order valence-corrected chi connectivity index (χ0v) is 15.7. The van der Waals surface area contributed by atoms with Crippen molar-refractivity contribution in [3.05, 3.63) is 33.4 Å². The number of carboxylic acid groups (broad SMARTS) is 1. The molecular weight excluding hydrogens is 371 g/mol. The Morgan fingerprint density at radius 2 is 1.96 bits per heavy atom. The predicted octanol–water partition coefficient (Wildman–Crippen LogP) is 3.83. The molecule has 0 radical (unpaired) electrons. The SMILES string of the molecule is COCc1c(C)nn(C)c1Oc1cc(O[C@@H](C)C(=O)O)c(Cl)cc1Cl. The zero-order chi connectivity index (χ0) is 18.7. The summed E-state index contributed by atoms with van der Waals surface area (Å²) in [6.45, 7) is 3.56. The van der Waals surface area contributed by atoms with Crippen LogP contribution in [0, 0.1) is 6.92 Å². The van der Waals surface area contributed by atoms with Crippen LogP contribution in [-0.4, -0.2) is 34.1 Å². The van der Waals surface area contributed by atoms with Crippen LogP contribution in [0.15, 0.2) is 12.1 Å². The molecule has 0 unspecified atom stereocenters. The molecule has 9 heteroatoms. The molecule has 25 heavy (non-hydrogen) atoms. The number of ether oxygens (including phenoxy) is 3. The van der Waals surface area contributed by atoms with E-state index in [-0.39, 0.29) is 21.5 Å². The molecule has 0 bridgehead atoms. The van der Waals surface area contributed by atoms with E-state index in [4.69, 9.17) is 42.5 Å². The highest BCUT2D eigenvalue weighted by molar-refractivity contribution is 6.36. The molecule has 0 saturated heterocycles. The van der Waals surface area contributed by atoms with Gasteiger partial charge in [0.1, 0.15) is 5.75 Å². The third-order valence-electron chi connectivity index (χ3n) is 3.42. The number of aryl methyl sites for hydroxylation is 2. The van der Waals surface area contributed by atoms with Crippen LogP contribution in [0.1, 0.15) is 18.2 Å². The summed E-state index contributed by atoms with van der Waals surface area (Å²) >= 11 is 12.3. The second-order valence-electron chi connectivity index (χ2n) is 5.34. The van der Waals surface area contributed by atoms with Crippen molar-refractivity contribution in [2.24, 2.45) is 7.05 Å². The lowest BCUT2D eigenvalue weighted by Crippen LogP contribution is -2.23. The van der Waals surface area contributed by atoms with Gasteiger partial charge in [-0.3, -0.25) is 0 Å². The highest BCUT2D eigenvalue weighted by Gasteiger charge is 2.20. The Hall–Kier alpha value is -1.96. The van der Waals surface area contributed by atoms with Crippen LogP contribution < -0.4 is 9.47 Å². The number of aliphatic carboxylic acids is 1. The number of methoxy groups -OCH3 is 1. The number of hydrogen-bond donors (Lipinski definition) is 1. The normalized spacial score (nSPS) is 12.1. The maximum absolute atomic E-state index is 11.0. The predicted molar refractivity (Wildman–Crippen MR) is 92.9 cm³/mol. The van der Waals surface area contributed by atoms with Crippen molar-refractivity contribution < 1.29 is 24.1 Å². The Kier molecular flexibility index (Phi) is 6.16. The minimum absolute atomic E-state index is 0.156. The minimum Gasteiger partial charge on any atom is -0.479 e.